The number of rotatable bonds is 3. The lowest BCUT2D eigenvalue weighted by Gasteiger charge is -2.30. The van der Waals surface area contributed by atoms with Crippen LogP contribution >= 0.6 is 0 Å². The van der Waals surface area contributed by atoms with Crippen molar-refractivity contribution in [1.82, 2.24) is 4.98 Å². The molecule has 3 heteroatoms. The minimum atomic E-state index is 0.127. The van der Waals surface area contributed by atoms with Gasteiger partial charge in [-0.1, -0.05) is 13.8 Å². The molecule has 0 aromatic carbocycles. The summed E-state index contributed by atoms with van der Waals surface area (Å²) < 4.78 is 5.90. The summed E-state index contributed by atoms with van der Waals surface area (Å²) in [5.74, 6) is 1.26. The van der Waals surface area contributed by atoms with Crippen molar-refractivity contribution in [2.45, 2.75) is 51.9 Å². The first-order valence-electron chi connectivity index (χ1n) is 6.83. The van der Waals surface area contributed by atoms with Crippen LogP contribution in [0.3, 0.4) is 0 Å². The van der Waals surface area contributed by atoms with E-state index in [4.69, 9.17) is 10.5 Å². The molecule has 3 nitrogen and oxygen atoms in total. The summed E-state index contributed by atoms with van der Waals surface area (Å²) in [5.41, 5.74) is 7.76. The molecule has 2 heterocycles. The highest BCUT2D eigenvalue weighted by Gasteiger charge is 2.42. The van der Waals surface area contributed by atoms with Crippen molar-refractivity contribution in [3.63, 3.8) is 0 Å². The normalized spacial score (nSPS) is 35.4. The Bertz CT molecular complexity index is 381. The molecule has 18 heavy (non-hydrogen) atoms. The van der Waals surface area contributed by atoms with Crippen molar-refractivity contribution in [1.29, 1.82) is 0 Å². The van der Waals surface area contributed by atoms with E-state index in [1.165, 1.54) is 5.56 Å². The van der Waals surface area contributed by atoms with Crippen LogP contribution in [0.2, 0.25) is 0 Å². The highest BCUT2D eigenvalue weighted by Crippen LogP contribution is 2.37. The van der Waals surface area contributed by atoms with Crippen molar-refractivity contribution < 1.29 is 4.74 Å². The zero-order valence-electron chi connectivity index (χ0n) is 11.7. The first-order chi connectivity index (χ1) is 8.52. The Balaban J connectivity index is 2.14. The van der Waals surface area contributed by atoms with E-state index >= 15 is 0 Å². The van der Waals surface area contributed by atoms with Crippen LogP contribution in [-0.4, -0.2) is 23.2 Å². The Morgan fingerprint density at radius 1 is 1.17 bits per heavy atom. The molecule has 0 spiro atoms. The van der Waals surface area contributed by atoms with E-state index in [2.05, 4.69) is 44.8 Å². The van der Waals surface area contributed by atoms with E-state index in [-0.39, 0.29) is 12.1 Å². The lowest BCUT2D eigenvalue weighted by atomic mass is 9.77. The molecule has 1 fully saturated rings. The summed E-state index contributed by atoms with van der Waals surface area (Å²) in [6, 6.07) is 4.24. The number of aromatic nitrogens is 1. The van der Waals surface area contributed by atoms with Gasteiger partial charge >= 0.3 is 0 Å². The summed E-state index contributed by atoms with van der Waals surface area (Å²) in [4.78, 5) is 4.06. The molecule has 1 aliphatic heterocycles. The zero-order valence-corrected chi connectivity index (χ0v) is 11.7. The first-order valence-corrected chi connectivity index (χ1v) is 6.83. The summed E-state index contributed by atoms with van der Waals surface area (Å²) in [6.45, 7) is 8.73. The fourth-order valence-electron chi connectivity index (χ4n) is 3.18. The number of pyridine rings is 1. The molecule has 6 unspecified atom stereocenters. The van der Waals surface area contributed by atoms with Crippen molar-refractivity contribution in [2.24, 2.45) is 17.6 Å². The summed E-state index contributed by atoms with van der Waals surface area (Å²) >= 11 is 0. The van der Waals surface area contributed by atoms with E-state index in [1.54, 1.807) is 0 Å². The van der Waals surface area contributed by atoms with Gasteiger partial charge in [0.2, 0.25) is 0 Å². The SMILES string of the molecule is CC1OC(C)C(C(N)C(C)c2ccncc2)C1C. The van der Waals surface area contributed by atoms with Crippen LogP contribution in [0.15, 0.2) is 24.5 Å². The number of hydrogen-bond donors (Lipinski definition) is 1. The van der Waals surface area contributed by atoms with Crippen LogP contribution in [0, 0.1) is 11.8 Å². The number of hydrogen-bond acceptors (Lipinski definition) is 3. The molecule has 100 valence electrons. The topological polar surface area (TPSA) is 48.1 Å². The maximum absolute atomic E-state index is 6.50. The second-order valence-corrected chi connectivity index (χ2v) is 5.63. The maximum Gasteiger partial charge on any atom is 0.0597 e. The van der Waals surface area contributed by atoms with Gasteiger partial charge in [0.05, 0.1) is 12.2 Å². The van der Waals surface area contributed by atoms with Crippen LogP contribution in [0.1, 0.15) is 39.2 Å². The third kappa shape index (κ3) is 2.43. The summed E-state index contributed by atoms with van der Waals surface area (Å²) in [5, 5.41) is 0. The van der Waals surface area contributed by atoms with Gasteiger partial charge in [-0.3, -0.25) is 4.98 Å². The molecule has 2 N–H and O–H groups in total. The van der Waals surface area contributed by atoms with E-state index < -0.39 is 0 Å². The Labute approximate surface area is 110 Å². The average molecular weight is 248 g/mol. The molecule has 1 saturated heterocycles. The lowest BCUT2D eigenvalue weighted by molar-refractivity contribution is 0.0482. The quantitative estimate of drug-likeness (QED) is 0.894. The molecule has 0 amide bonds. The van der Waals surface area contributed by atoms with Gasteiger partial charge in [-0.25, -0.2) is 0 Å². The minimum absolute atomic E-state index is 0.127. The fourth-order valence-corrected chi connectivity index (χ4v) is 3.18. The molecule has 1 aromatic rings. The highest BCUT2D eigenvalue weighted by molar-refractivity contribution is 5.18. The monoisotopic (exact) mass is 248 g/mol. The Kier molecular flexibility index (Phi) is 4.03. The standard InChI is InChI=1S/C15H24N2O/c1-9-11(3)18-12(4)14(9)15(16)10(2)13-5-7-17-8-6-13/h5-12,14-15H,16H2,1-4H3. The van der Waals surface area contributed by atoms with Crippen molar-refractivity contribution in [2.75, 3.05) is 0 Å². The molecule has 1 aromatic heterocycles. The number of nitrogens with two attached hydrogens (primary N) is 1. The van der Waals surface area contributed by atoms with Crippen LogP contribution in [0.5, 0.6) is 0 Å². The number of nitrogens with zero attached hydrogens (tertiary/aromatic N) is 1. The van der Waals surface area contributed by atoms with E-state index in [0.717, 1.165) is 0 Å². The second-order valence-electron chi connectivity index (χ2n) is 5.63. The minimum Gasteiger partial charge on any atom is -0.375 e. The van der Waals surface area contributed by atoms with Gasteiger partial charge in [0.25, 0.3) is 0 Å². The molecule has 6 atom stereocenters. The maximum atomic E-state index is 6.50. The first kappa shape index (κ1) is 13.5. The second kappa shape index (κ2) is 5.37. The molecule has 1 aliphatic rings. The van der Waals surface area contributed by atoms with Gasteiger partial charge < -0.3 is 10.5 Å². The smallest absolute Gasteiger partial charge is 0.0597 e. The van der Waals surface area contributed by atoms with Crippen molar-refractivity contribution in [3.05, 3.63) is 30.1 Å². The third-order valence-corrected chi connectivity index (χ3v) is 4.57. The molecule has 0 bridgehead atoms. The fraction of sp³-hybridized carbons (Fsp3) is 0.667. The van der Waals surface area contributed by atoms with Crippen molar-refractivity contribution in [3.8, 4) is 0 Å². The molecule has 0 saturated carbocycles. The predicted octanol–water partition coefficient (Wildman–Crippen LogP) is 2.57. The van der Waals surface area contributed by atoms with Gasteiger partial charge in [-0.15, -0.1) is 0 Å². The van der Waals surface area contributed by atoms with E-state index in [1.807, 2.05) is 12.4 Å². The van der Waals surface area contributed by atoms with Gasteiger partial charge in [-0.05, 0) is 43.4 Å². The summed E-state index contributed by atoms with van der Waals surface area (Å²) in [6.07, 6.45) is 4.22. The molecule has 0 radical (unpaired) electrons. The van der Waals surface area contributed by atoms with Crippen LogP contribution < -0.4 is 5.73 Å². The molecule has 2 rings (SSSR count). The largest absolute Gasteiger partial charge is 0.375 e. The number of ether oxygens (including phenoxy) is 1. The molecular formula is C15H24N2O. The Hall–Kier alpha value is -0.930. The predicted molar refractivity (Wildman–Crippen MR) is 73.3 cm³/mol. The van der Waals surface area contributed by atoms with E-state index in [9.17, 15) is 0 Å². The Morgan fingerprint density at radius 3 is 2.28 bits per heavy atom. The summed E-state index contributed by atoms with van der Waals surface area (Å²) in [7, 11) is 0. The van der Waals surface area contributed by atoms with Gasteiger partial charge in [0.1, 0.15) is 0 Å². The molecule has 0 aliphatic carbocycles. The van der Waals surface area contributed by atoms with E-state index in [0.29, 0.717) is 23.9 Å². The van der Waals surface area contributed by atoms with Crippen LogP contribution in [0.25, 0.3) is 0 Å². The van der Waals surface area contributed by atoms with Gasteiger partial charge in [-0.2, -0.15) is 0 Å². The Morgan fingerprint density at radius 2 is 1.78 bits per heavy atom. The highest BCUT2D eigenvalue weighted by atomic mass is 16.5. The lowest BCUT2D eigenvalue weighted by Crippen LogP contribution is -2.41. The van der Waals surface area contributed by atoms with Crippen LogP contribution in [-0.2, 0) is 4.74 Å². The average Bonchev–Trinajstić information content (AvgIpc) is 2.63. The third-order valence-electron chi connectivity index (χ3n) is 4.57. The molecular weight excluding hydrogens is 224 g/mol. The zero-order chi connectivity index (χ0) is 13.3. The van der Waals surface area contributed by atoms with Crippen LogP contribution in [0.4, 0.5) is 0 Å². The van der Waals surface area contributed by atoms with Gasteiger partial charge in [0.15, 0.2) is 0 Å². The van der Waals surface area contributed by atoms with Gasteiger partial charge in [0, 0.05) is 24.4 Å². The van der Waals surface area contributed by atoms with Crippen molar-refractivity contribution >= 4 is 0 Å².